The average molecular weight is 336 g/mol. The second kappa shape index (κ2) is 6.06. The molecule has 0 bridgehead atoms. The molecule has 0 aliphatic carbocycles. The van der Waals surface area contributed by atoms with E-state index in [4.69, 9.17) is 4.52 Å². The summed E-state index contributed by atoms with van der Waals surface area (Å²) in [5.74, 6) is 2.11. The zero-order valence-corrected chi connectivity index (χ0v) is 13.1. The summed E-state index contributed by atoms with van der Waals surface area (Å²) >= 11 is 3.47. The fourth-order valence-electron chi connectivity index (χ4n) is 2.66. The topological polar surface area (TPSA) is 51.0 Å². The summed E-state index contributed by atoms with van der Waals surface area (Å²) in [6, 6.07) is 6.10. The molecule has 1 fully saturated rings. The summed E-state index contributed by atoms with van der Waals surface area (Å²) in [7, 11) is 0. The Labute approximate surface area is 127 Å². The molecule has 2 aromatic rings. The maximum absolute atomic E-state index is 5.41. The van der Waals surface area contributed by atoms with Gasteiger partial charge in [0.1, 0.15) is 0 Å². The van der Waals surface area contributed by atoms with Crippen molar-refractivity contribution in [3.63, 3.8) is 0 Å². The highest BCUT2D eigenvalue weighted by molar-refractivity contribution is 9.10. The number of aryl methyl sites for hydroxylation is 1. The monoisotopic (exact) mass is 335 g/mol. The summed E-state index contributed by atoms with van der Waals surface area (Å²) in [4.78, 5) is 4.55. The second-order valence-electron chi connectivity index (χ2n) is 5.37. The van der Waals surface area contributed by atoms with Gasteiger partial charge in [0.2, 0.25) is 11.7 Å². The minimum Gasteiger partial charge on any atom is -0.339 e. The molecule has 0 spiro atoms. The van der Waals surface area contributed by atoms with Crippen LogP contribution in [0.3, 0.4) is 0 Å². The van der Waals surface area contributed by atoms with Crippen molar-refractivity contribution in [2.45, 2.75) is 26.2 Å². The zero-order valence-electron chi connectivity index (χ0n) is 11.5. The van der Waals surface area contributed by atoms with Crippen molar-refractivity contribution in [3.05, 3.63) is 34.1 Å². The number of piperidine rings is 1. The highest BCUT2D eigenvalue weighted by Gasteiger charge is 2.18. The van der Waals surface area contributed by atoms with Crippen LogP contribution in [0.1, 0.15) is 24.3 Å². The molecule has 1 aromatic carbocycles. The third-order valence-corrected chi connectivity index (χ3v) is 4.31. The van der Waals surface area contributed by atoms with Crippen molar-refractivity contribution in [3.8, 4) is 11.4 Å². The molecular weight excluding hydrogens is 318 g/mol. The average Bonchev–Trinajstić information content (AvgIpc) is 2.88. The largest absolute Gasteiger partial charge is 0.339 e. The van der Waals surface area contributed by atoms with Gasteiger partial charge in [-0.1, -0.05) is 21.1 Å². The van der Waals surface area contributed by atoms with Crippen molar-refractivity contribution in [2.75, 3.05) is 13.1 Å². The molecule has 0 atom stereocenters. The maximum atomic E-state index is 5.41. The van der Waals surface area contributed by atoms with Crippen LogP contribution in [0.15, 0.2) is 27.2 Å². The van der Waals surface area contributed by atoms with Crippen LogP contribution >= 0.6 is 15.9 Å². The van der Waals surface area contributed by atoms with Crippen LogP contribution in [0.5, 0.6) is 0 Å². The Bertz CT molecular complexity index is 591. The van der Waals surface area contributed by atoms with Crippen molar-refractivity contribution >= 4 is 15.9 Å². The van der Waals surface area contributed by atoms with E-state index in [-0.39, 0.29) is 0 Å². The summed E-state index contributed by atoms with van der Waals surface area (Å²) in [6.45, 7) is 4.25. The van der Waals surface area contributed by atoms with E-state index in [2.05, 4.69) is 44.4 Å². The van der Waals surface area contributed by atoms with Gasteiger partial charge in [0.05, 0.1) is 0 Å². The van der Waals surface area contributed by atoms with Gasteiger partial charge >= 0.3 is 0 Å². The highest BCUT2D eigenvalue weighted by atomic mass is 79.9. The van der Waals surface area contributed by atoms with Crippen LogP contribution < -0.4 is 5.32 Å². The fourth-order valence-corrected chi connectivity index (χ4v) is 3.13. The van der Waals surface area contributed by atoms with Crippen molar-refractivity contribution in [1.29, 1.82) is 0 Å². The Kier molecular flexibility index (Phi) is 4.17. The van der Waals surface area contributed by atoms with Crippen LogP contribution in [0.2, 0.25) is 0 Å². The molecule has 1 saturated heterocycles. The van der Waals surface area contributed by atoms with E-state index in [1.54, 1.807) is 0 Å². The first-order chi connectivity index (χ1) is 9.72. The van der Waals surface area contributed by atoms with Gasteiger partial charge < -0.3 is 9.84 Å². The third-order valence-electron chi connectivity index (χ3n) is 3.82. The van der Waals surface area contributed by atoms with E-state index in [0.717, 1.165) is 41.0 Å². The first kappa shape index (κ1) is 13.8. The van der Waals surface area contributed by atoms with Crippen LogP contribution in [0, 0.1) is 12.8 Å². The van der Waals surface area contributed by atoms with Gasteiger partial charge in [0.15, 0.2) is 0 Å². The van der Waals surface area contributed by atoms with E-state index < -0.39 is 0 Å². The molecule has 0 radical (unpaired) electrons. The highest BCUT2D eigenvalue weighted by Crippen LogP contribution is 2.25. The lowest BCUT2D eigenvalue weighted by atomic mass is 9.95. The van der Waals surface area contributed by atoms with E-state index in [9.17, 15) is 0 Å². The SMILES string of the molecule is Cc1cc(Br)ccc1-c1noc(CC2CCNCC2)n1. The number of halogens is 1. The predicted octanol–water partition coefficient (Wildman–Crippen LogP) is 3.35. The number of aromatic nitrogens is 2. The lowest BCUT2D eigenvalue weighted by Crippen LogP contribution is -2.28. The Balaban J connectivity index is 1.75. The normalized spacial score (nSPS) is 16.5. The number of nitrogens with zero attached hydrogens (tertiary/aromatic N) is 2. The second-order valence-corrected chi connectivity index (χ2v) is 6.28. The summed E-state index contributed by atoms with van der Waals surface area (Å²) < 4.78 is 6.48. The Morgan fingerprint density at radius 2 is 2.15 bits per heavy atom. The van der Waals surface area contributed by atoms with Gasteiger partial charge in [-0.2, -0.15) is 4.98 Å². The smallest absolute Gasteiger partial charge is 0.227 e. The quantitative estimate of drug-likeness (QED) is 0.934. The van der Waals surface area contributed by atoms with Crippen LogP contribution in [0.4, 0.5) is 0 Å². The van der Waals surface area contributed by atoms with Crippen LogP contribution in [0.25, 0.3) is 11.4 Å². The molecule has 1 N–H and O–H groups in total. The molecule has 1 aromatic heterocycles. The van der Waals surface area contributed by atoms with Crippen molar-refractivity contribution in [1.82, 2.24) is 15.5 Å². The minimum absolute atomic E-state index is 0.663. The molecule has 20 heavy (non-hydrogen) atoms. The van der Waals surface area contributed by atoms with Gasteiger partial charge in [-0.15, -0.1) is 0 Å². The van der Waals surface area contributed by atoms with E-state index >= 15 is 0 Å². The third kappa shape index (κ3) is 3.10. The molecular formula is C15H18BrN3O. The molecule has 5 heteroatoms. The lowest BCUT2D eigenvalue weighted by molar-refractivity contribution is 0.313. The number of benzene rings is 1. The minimum atomic E-state index is 0.663. The van der Waals surface area contributed by atoms with Crippen LogP contribution in [-0.2, 0) is 6.42 Å². The summed E-state index contributed by atoms with van der Waals surface area (Å²) in [5.41, 5.74) is 2.18. The van der Waals surface area contributed by atoms with E-state index in [0.29, 0.717) is 11.7 Å². The van der Waals surface area contributed by atoms with Crippen LogP contribution in [-0.4, -0.2) is 23.2 Å². The van der Waals surface area contributed by atoms with Crippen molar-refractivity contribution in [2.24, 2.45) is 5.92 Å². The molecule has 1 aliphatic rings. The Morgan fingerprint density at radius 3 is 2.90 bits per heavy atom. The zero-order chi connectivity index (χ0) is 13.9. The van der Waals surface area contributed by atoms with Gasteiger partial charge in [-0.3, -0.25) is 0 Å². The Hall–Kier alpha value is -1.20. The van der Waals surface area contributed by atoms with E-state index in [1.165, 1.54) is 12.8 Å². The molecule has 2 heterocycles. The van der Waals surface area contributed by atoms with Gasteiger partial charge in [-0.25, -0.2) is 0 Å². The molecule has 0 saturated carbocycles. The number of hydrogen-bond acceptors (Lipinski definition) is 4. The van der Waals surface area contributed by atoms with Gasteiger partial charge in [0.25, 0.3) is 0 Å². The van der Waals surface area contributed by atoms with Gasteiger partial charge in [-0.05, 0) is 62.5 Å². The molecule has 0 amide bonds. The molecule has 106 valence electrons. The standard InChI is InChI=1S/C15H18BrN3O/c1-10-8-12(16)2-3-13(10)15-18-14(20-19-15)9-11-4-6-17-7-5-11/h2-3,8,11,17H,4-7,9H2,1H3. The Morgan fingerprint density at radius 1 is 1.35 bits per heavy atom. The number of nitrogens with one attached hydrogen (secondary N) is 1. The lowest BCUT2D eigenvalue weighted by Gasteiger charge is -2.20. The molecule has 1 aliphatic heterocycles. The number of rotatable bonds is 3. The van der Waals surface area contributed by atoms with Gasteiger partial charge in [0, 0.05) is 16.5 Å². The summed E-state index contributed by atoms with van der Waals surface area (Å²) in [5, 5.41) is 7.50. The summed E-state index contributed by atoms with van der Waals surface area (Å²) in [6.07, 6.45) is 3.27. The molecule has 0 unspecified atom stereocenters. The van der Waals surface area contributed by atoms with Crippen molar-refractivity contribution < 1.29 is 4.52 Å². The first-order valence-corrected chi connectivity index (χ1v) is 7.81. The number of hydrogen-bond donors (Lipinski definition) is 1. The predicted molar refractivity (Wildman–Crippen MR) is 81.5 cm³/mol. The first-order valence-electron chi connectivity index (χ1n) is 7.02. The molecule has 4 nitrogen and oxygen atoms in total. The van der Waals surface area contributed by atoms with E-state index in [1.807, 2.05) is 12.1 Å². The molecule has 3 rings (SSSR count). The maximum Gasteiger partial charge on any atom is 0.227 e. The fraction of sp³-hybridized carbons (Fsp3) is 0.467.